The smallest absolute Gasteiger partial charge is 0.142 e. The predicted molar refractivity (Wildman–Crippen MR) is 76.5 cm³/mol. The van der Waals surface area contributed by atoms with Crippen molar-refractivity contribution in [2.45, 2.75) is 32.7 Å². The summed E-state index contributed by atoms with van der Waals surface area (Å²) in [5.74, 6) is -0.411. The molecule has 0 radical (unpaired) electrons. The van der Waals surface area contributed by atoms with E-state index in [-0.39, 0.29) is 10.4 Å². The molecule has 0 saturated heterocycles. The molecule has 0 spiro atoms. The molecule has 102 valence electrons. The first kappa shape index (κ1) is 14.4. The van der Waals surface area contributed by atoms with E-state index in [2.05, 4.69) is 5.10 Å². The predicted octanol–water partition coefficient (Wildman–Crippen LogP) is 4.64. The molecule has 1 unspecified atom stereocenters. The summed E-state index contributed by atoms with van der Waals surface area (Å²) in [6, 6.07) is 4.79. The third kappa shape index (κ3) is 2.77. The molecule has 0 N–H and O–H groups in total. The highest BCUT2D eigenvalue weighted by Gasteiger charge is 2.16. The van der Waals surface area contributed by atoms with E-state index in [1.807, 2.05) is 25.5 Å². The highest BCUT2D eigenvalue weighted by Crippen LogP contribution is 2.27. The summed E-state index contributed by atoms with van der Waals surface area (Å²) >= 11 is 12.1. The van der Waals surface area contributed by atoms with Crippen molar-refractivity contribution in [2.24, 2.45) is 0 Å². The Labute approximate surface area is 122 Å². The molecule has 0 aliphatic rings. The van der Waals surface area contributed by atoms with Crippen molar-refractivity contribution in [3.05, 3.63) is 51.6 Å². The number of hydrogen-bond donors (Lipinski definition) is 0. The summed E-state index contributed by atoms with van der Waals surface area (Å²) in [6.45, 7) is 6.23. The minimum Gasteiger partial charge on any atom is -0.265 e. The van der Waals surface area contributed by atoms with Crippen LogP contribution < -0.4 is 0 Å². The summed E-state index contributed by atoms with van der Waals surface area (Å²) in [5, 5.41) is 4.50. The normalized spacial score (nSPS) is 12.7. The SMILES string of the molecule is Cc1nn(Cc2cccc(F)c2Cl)c(C)c1C(C)Cl. The fraction of sp³-hybridized carbons (Fsp3) is 0.357. The van der Waals surface area contributed by atoms with E-state index < -0.39 is 5.82 Å². The first-order valence-corrected chi connectivity index (χ1v) is 6.84. The largest absolute Gasteiger partial charge is 0.265 e. The van der Waals surface area contributed by atoms with Crippen LogP contribution in [0.15, 0.2) is 18.2 Å². The number of halogens is 3. The van der Waals surface area contributed by atoms with E-state index in [1.54, 1.807) is 12.1 Å². The molecule has 1 aromatic carbocycles. The van der Waals surface area contributed by atoms with Gasteiger partial charge >= 0.3 is 0 Å². The monoisotopic (exact) mass is 300 g/mol. The Bertz CT molecular complexity index is 606. The van der Waals surface area contributed by atoms with Crippen LogP contribution in [0.1, 0.15) is 34.8 Å². The van der Waals surface area contributed by atoms with Crippen LogP contribution in [0.3, 0.4) is 0 Å². The van der Waals surface area contributed by atoms with Crippen molar-refractivity contribution >= 4 is 23.2 Å². The second-order valence-corrected chi connectivity index (χ2v) is 5.60. The van der Waals surface area contributed by atoms with E-state index in [1.165, 1.54) is 6.07 Å². The Morgan fingerprint density at radius 2 is 2.05 bits per heavy atom. The molecule has 5 heteroatoms. The summed E-state index contributed by atoms with van der Waals surface area (Å²) in [4.78, 5) is 0. The Morgan fingerprint density at radius 3 is 2.63 bits per heavy atom. The maximum atomic E-state index is 13.4. The van der Waals surface area contributed by atoms with E-state index in [0.29, 0.717) is 12.1 Å². The molecule has 1 heterocycles. The number of hydrogen-bond acceptors (Lipinski definition) is 1. The van der Waals surface area contributed by atoms with Crippen LogP contribution in [0, 0.1) is 19.7 Å². The molecular weight excluding hydrogens is 286 g/mol. The zero-order chi connectivity index (χ0) is 14.2. The highest BCUT2D eigenvalue weighted by molar-refractivity contribution is 6.31. The van der Waals surface area contributed by atoms with Gasteiger partial charge in [-0.05, 0) is 32.4 Å². The van der Waals surface area contributed by atoms with Gasteiger partial charge in [-0.3, -0.25) is 4.68 Å². The lowest BCUT2D eigenvalue weighted by atomic mass is 10.1. The summed E-state index contributed by atoms with van der Waals surface area (Å²) in [5.41, 5.74) is 3.61. The first-order valence-electron chi connectivity index (χ1n) is 6.02. The number of rotatable bonds is 3. The quantitative estimate of drug-likeness (QED) is 0.755. The van der Waals surface area contributed by atoms with Gasteiger partial charge in [0.15, 0.2) is 0 Å². The van der Waals surface area contributed by atoms with Crippen LogP contribution in [0.25, 0.3) is 0 Å². The lowest BCUT2D eigenvalue weighted by Gasteiger charge is -2.08. The third-order valence-electron chi connectivity index (χ3n) is 3.19. The van der Waals surface area contributed by atoms with Gasteiger partial charge in [-0.1, -0.05) is 23.7 Å². The van der Waals surface area contributed by atoms with Crippen molar-refractivity contribution in [3.63, 3.8) is 0 Å². The molecular formula is C14H15Cl2FN2. The fourth-order valence-corrected chi connectivity index (χ4v) is 2.77. The standard InChI is InChI=1S/C14H15Cl2FN2/c1-8(15)13-9(2)18-19(10(13)3)7-11-5-4-6-12(17)14(11)16/h4-6,8H,7H2,1-3H3. The Kier molecular flexibility index (Phi) is 4.16. The Balaban J connectivity index is 2.39. The molecule has 0 amide bonds. The van der Waals surface area contributed by atoms with Gasteiger partial charge in [0.05, 0.1) is 22.6 Å². The molecule has 0 fully saturated rings. The van der Waals surface area contributed by atoms with Gasteiger partial charge < -0.3 is 0 Å². The number of alkyl halides is 1. The molecule has 1 atom stereocenters. The molecule has 2 rings (SSSR count). The Hall–Kier alpha value is -1.06. The number of benzene rings is 1. The molecule has 2 aromatic rings. The first-order chi connectivity index (χ1) is 8.91. The molecule has 0 aliphatic heterocycles. The summed E-state index contributed by atoms with van der Waals surface area (Å²) in [7, 11) is 0. The van der Waals surface area contributed by atoms with Crippen LogP contribution in [0.2, 0.25) is 5.02 Å². The highest BCUT2D eigenvalue weighted by atomic mass is 35.5. The lowest BCUT2D eigenvalue weighted by Crippen LogP contribution is -2.05. The van der Waals surface area contributed by atoms with Crippen LogP contribution in [0.4, 0.5) is 4.39 Å². The lowest BCUT2D eigenvalue weighted by molar-refractivity contribution is 0.616. The minimum atomic E-state index is -0.411. The average Bonchev–Trinajstić information content (AvgIpc) is 2.60. The Morgan fingerprint density at radius 1 is 1.37 bits per heavy atom. The summed E-state index contributed by atoms with van der Waals surface area (Å²) in [6.07, 6.45) is 0. The van der Waals surface area contributed by atoms with Crippen molar-refractivity contribution in [2.75, 3.05) is 0 Å². The van der Waals surface area contributed by atoms with Gasteiger partial charge in [0, 0.05) is 11.3 Å². The second kappa shape index (κ2) is 5.51. The van der Waals surface area contributed by atoms with Crippen molar-refractivity contribution in [1.29, 1.82) is 0 Å². The van der Waals surface area contributed by atoms with Gasteiger partial charge in [0.2, 0.25) is 0 Å². The third-order valence-corrected chi connectivity index (χ3v) is 3.83. The molecule has 0 bridgehead atoms. The van der Waals surface area contributed by atoms with Gasteiger partial charge in [0.1, 0.15) is 5.82 Å². The van der Waals surface area contributed by atoms with E-state index >= 15 is 0 Å². The van der Waals surface area contributed by atoms with Crippen LogP contribution in [-0.4, -0.2) is 9.78 Å². The zero-order valence-electron chi connectivity index (χ0n) is 11.0. The van der Waals surface area contributed by atoms with Crippen molar-refractivity contribution in [1.82, 2.24) is 9.78 Å². The van der Waals surface area contributed by atoms with Crippen molar-refractivity contribution < 1.29 is 4.39 Å². The fourth-order valence-electron chi connectivity index (χ4n) is 2.27. The van der Waals surface area contributed by atoms with Gasteiger partial charge in [-0.25, -0.2) is 4.39 Å². The van der Waals surface area contributed by atoms with Crippen molar-refractivity contribution in [3.8, 4) is 0 Å². The molecule has 0 saturated carbocycles. The average molecular weight is 301 g/mol. The molecule has 2 nitrogen and oxygen atoms in total. The van der Waals surface area contributed by atoms with E-state index in [4.69, 9.17) is 23.2 Å². The summed E-state index contributed by atoms with van der Waals surface area (Å²) < 4.78 is 15.2. The number of nitrogens with zero attached hydrogens (tertiary/aromatic N) is 2. The molecule has 1 aromatic heterocycles. The van der Waals surface area contributed by atoms with E-state index in [9.17, 15) is 4.39 Å². The van der Waals surface area contributed by atoms with Crippen LogP contribution >= 0.6 is 23.2 Å². The second-order valence-electron chi connectivity index (χ2n) is 4.57. The molecule has 0 aliphatic carbocycles. The van der Waals surface area contributed by atoms with Gasteiger partial charge in [-0.2, -0.15) is 5.10 Å². The van der Waals surface area contributed by atoms with Gasteiger partial charge in [0.25, 0.3) is 0 Å². The van der Waals surface area contributed by atoms with Crippen LogP contribution in [0.5, 0.6) is 0 Å². The molecule has 19 heavy (non-hydrogen) atoms. The maximum absolute atomic E-state index is 13.4. The minimum absolute atomic E-state index is 0.100. The van der Waals surface area contributed by atoms with Gasteiger partial charge in [-0.15, -0.1) is 11.6 Å². The van der Waals surface area contributed by atoms with Crippen LogP contribution in [-0.2, 0) is 6.54 Å². The van der Waals surface area contributed by atoms with E-state index in [0.717, 1.165) is 17.0 Å². The maximum Gasteiger partial charge on any atom is 0.142 e. The number of aryl methyl sites for hydroxylation is 1. The zero-order valence-corrected chi connectivity index (χ0v) is 12.6. The topological polar surface area (TPSA) is 17.8 Å². The number of aromatic nitrogens is 2.